The van der Waals surface area contributed by atoms with Crippen molar-refractivity contribution in [1.29, 1.82) is 0 Å². The number of carbonyl (C=O) groups excluding carboxylic acids is 1. The number of benzene rings is 1. The van der Waals surface area contributed by atoms with Crippen LogP contribution in [0, 0.1) is 10.1 Å². The number of non-ortho nitro benzene ring substituents is 1. The van der Waals surface area contributed by atoms with Gasteiger partial charge in [0.1, 0.15) is 5.75 Å². The van der Waals surface area contributed by atoms with E-state index in [1.54, 1.807) is 0 Å². The molecule has 0 heterocycles. The molecule has 1 rings (SSSR count). The summed E-state index contributed by atoms with van der Waals surface area (Å²) in [5, 5.41) is 13.4. The van der Waals surface area contributed by atoms with Crippen molar-refractivity contribution in [3.63, 3.8) is 0 Å². The third-order valence-corrected chi connectivity index (χ3v) is 2.52. The number of nitrogens with one attached hydrogen (secondary N) is 1. The molecule has 0 atom stereocenters. The average Bonchev–Trinajstić information content (AvgIpc) is 2.45. The van der Waals surface area contributed by atoms with Crippen molar-refractivity contribution in [2.75, 3.05) is 26.9 Å². The van der Waals surface area contributed by atoms with Crippen LogP contribution in [-0.2, 0) is 4.74 Å². The highest BCUT2D eigenvalue weighted by Crippen LogP contribution is 2.23. The van der Waals surface area contributed by atoms with Crippen LogP contribution in [-0.4, -0.2) is 37.7 Å². The van der Waals surface area contributed by atoms with Gasteiger partial charge in [-0.05, 0) is 13.0 Å². The maximum atomic E-state index is 12.0. The summed E-state index contributed by atoms with van der Waals surface area (Å²) in [5.74, 6) is -0.171. The van der Waals surface area contributed by atoms with E-state index in [-0.39, 0.29) is 23.5 Å². The third kappa shape index (κ3) is 5.23. The standard InChI is InChI=1S/C14H18N2O5/c1-10(2)9-21-7-6-15-14(17)12-8-11(16(18)19)4-5-13(12)20-3/h4-5,8H,1,6-7,9H2,2-3H3,(H,15,17). The first-order valence-corrected chi connectivity index (χ1v) is 6.28. The molecule has 0 aromatic heterocycles. The normalized spacial score (nSPS) is 10.0. The molecule has 0 aliphatic heterocycles. The van der Waals surface area contributed by atoms with Crippen LogP contribution >= 0.6 is 0 Å². The van der Waals surface area contributed by atoms with E-state index < -0.39 is 10.8 Å². The summed E-state index contributed by atoms with van der Waals surface area (Å²) < 4.78 is 10.3. The number of hydrogen-bond donors (Lipinski definition) is 1. The Morgan fingerprint density at radius 3 is 2.76 bits per heavy atom. The third-order valence-electron chi connectivity index (χ3n) is 2.52. The lowest BCUT2D eigenvalue weighted by molar-refractivity contribution is -0.384. The van der Waals surface area contributed by atoms with Crippen molar-refractivity contribution in [1.82, 2.24) is 5.32 Å². The number of hydrogen-bond acceptors (Lipinski definition) is 5. The van der Waals surface area contributed by atoms with Gasteiger partial charge in [-0.1, -0.05) is 12.2 Å². The van der Waals surface area contributed by atoms with E-state index in [0.29, 0.717) is 13.2 Å². The van der Waals surface area contributed by atoms with Gasteiger partial charge >= 0.3 is 0 Å². The first-order chi connectivity index (χ1) is 9.95. The minimum atomic E-state index is -0.563. The van der Waals surface area contributed by atoms with Gasteiger partial charge < -0.3 is 14.8 Å². The molecule has 0 aliphatic carbocycles. The van der Waals surface area contributed by atoms with Crippen LogP contribution in [0.4, 0.5) is 5.69 Å². The minimum Gasteiger partial charge on any atom is -0.496 e. The molecule has 1 amide bonds. The number of nitro benzene ring substituents is 1. The van der Waals surface area contributed by atoms with Gasteiger partial charge in [-0.3, -0.25) is 14.9 Å². The number of rotatable bonds is 8. The summed E-state index contributed by atoms with van der Waals surface area (Å²) in [5.41, 5.74) is 0.841. The lowest BCUT2D eigenvalue weighted by atomic mass is 10.1. The van der Waals surface area contributed by atoms with Gasteiger partial charge in [0.25, 0.3) is 11.6 Å². The maximum Gasteiger partial charge on any atom is 0.270 e. The molecule has 114 valence electrons. The fraction of sp³-hybridized carbons (Fsp3) is 0.357. The van der Waals surface area contributed by atoms with Crippen molar-refractivity contribution in [2.45, 2.75) is 6.92 Å². The van der Waals surface area contributed by atoms with Crippen LogP contribution in [0.1, 0.15) is 17.3 Å². The number of methoxy groups -OCH3 is 1. The van der Waals surface area contributed by atoms with Gasteiger partial charge in [0.2, 0.25) is 0 Å². The summed E-state index contributed by atoms with van der Waals surface area (Å²) in [7, 11) is 1.40. The number of nitro groups is 1. The lowest BCUT2D eigenvalue weighted by Crippen LogP contribution is -2.27. The zero-order valence-electron chi connectivity index (χ0n) is 12.0. The van der Waals surface area contributed by atoms with Crippen LogP contribution in [0.3, 0.4) is 0 Å². The second-order valence-corrected chi connectivity index (χ2v) is 4.41. The molecule has 0 radical (unpaired) electrons. The monoisotopic (exact) mass is 294 g/mol. The Morgan fingerprint density at radius 1 is 1.48 bits per heavy atom. The van der Waals surface area contributed by atoms with Crippen molar-refractivity contribution in [3.8, 4) is 5.75 Å². The molecule has 0 saturated heterocycles. The molecular weight excluding hydrogens is 276 g/mol. The van der Waals surface area contributed by atoms with Crippen molar-refractivity contribution in [2.24, 2.45) is 0 Å². The largest absolute Gasteiger partial charge is 0.496 e. The van der Waals surface area contributed by atoms with Gasteiger partial charge in [0.15, 0.2) is 0 Å². The van der Waals surface area contributed by atoms with E-state index >= 15 is 0 Å². The van der Waals surface area contributed by atoms with Gasteiger partial charge in [-0.25, -0.2) is 0 Å². The molecule has 7 nitrogen and oxygen atoms in total. The van der Waals surface area contributed by atoms with Gasteiger partial charge in [-0.15, -0.1) is 0 Å². The van der Waals surface area contributed by atoms with Crippen LogP contribution in [0.5, 0.6) is 5.75 Å². The zero-order chi connectivity index (χ0) is 15.8. The molecule has 21 heavy (non-hydrogen) atoms. The highest BCUT2D eigenvalue weighted by Gasteiger charge is 2.17. The molecule has 1 aromatic rings. The average molecular weight is 294 g/mol. The molecule has 0 spiro atoms. The molecule has 0 fully saturated rings. The smallest absolute Gasteiger partial charge is 0.270 e. The van der Waals surface area contributed by atoms with E-state index in [0.717, 1.165) is 5.57 Å². The quantitative estimate of drug-likeness (QED) is 0.342. The second-order valence-electron chi connectivity index (χ2n) is 4.41. The minimum absolute atomic E-state index is 0.117. The first kappa shape index (κ1) is 16.6. The Hall–Kier alpha value is -2.41. The van der Waals surface area contributed by atoms with Gasteiger partial charge in [-0.2, -0.15) is 0 Å². The topological polar surface area (TPSA) is 90.7 Å². The Bertz CT molecular complexity index is 542. The van der Waals surface area contributed by atoms with Crippen molar-refractivity contribution >= 4 is 11.6 Å². The highest BCUT2D eigenvalue weighted by atomic mass is 16.6. The Morgan fingerprint density at radius 2 is 2.19 bits per heavy atom. The van der Waals surface area contributed by atoms with Gasteiger partial charge in [0.05, 0.1) is 30.8 Å². The van der Waals surface area contributed by atoms with E-state index in [4.69, 9.17) is 9.47 Å². The van der Waals surface area contributed by atoms with Crippen molar-refractivity contribution < 1.29 is 19.2 Å². The Kier molecular flexibility index (Phi) is 6.35. The summed E-state index contributed by atoms with van der Waals surface area (Å²) in [6.45, 7) is 6.58. The van der Waals surface area contributed by atoms with Crippen molar-refractivity contribution in [3.05, 3.63) is 46.0 Å². The Balaban J connectivity index is 2.65. The number of amides is 1. The molecule has 0 saturated carbocycles. The summed E-state index contributed by atoms with van der Waals surface area (Å²) in [6.07, 6.45) is 0. The van der Waals surface area contributed by atoms with E-state index in [2.05, 4.69) is 11.9 Å². The lowest BCUT2D eigenvalue weighted by Gasteiger charge is -2.09. The predicted octanol–water partition coefficient (Wildman–Crippen LogP) is 1.93. The van der Waals surface area contributed by atoms with E-state index in [1.807, 2.05) is 6.92 Å². The summed E-state index contributed by atoms with van der Waals surface area (Å²) in [6, 6.07) is 3.86. The summed E-state index contributed by atoms with van der Waals surface area (Å²) >= 11 is 0. The molecule has 1 aromatic carbocycles. The van der Waals surface area contributed by atoms with Crippen LogP contribution in [0.15, 0.2) is 30.4 Å². The van der Waals surface area contributed by atoms with E-state index in [9.17, 15) is 14.9 Å². The molecule has 0 unspecified atom stereocenters. The molecule has 1 N–H and O–H groups in total. The summed E-state index contributed by atoms with van der Waals surface area (Å²) in [4.78, 5) is 22.2. The highest BCUT2D eigenvalue weighted by molar-refractivity contribution is 5.97. The zero-order valence-corrected chi connectivity index (χ0v) is 12.0. The van der Waals surface area contributed by atoms with Crippen LogP contribution in [0.25, 0.3) is 0 Å². The van der Waals surface area contributed by atoms with Crippen LogP contribution in [0.2, 0.25) is 0 Å². The van der Waals surface area contributed by atoms with Crippen LogP contribution < -0.4 is 10.1 Å². The molecule has 0 aliphatic rings. The van der Waals surface area contributed by atoms with E-state index in [1.165, 1.54) is 25.3 Å². The molecule has 0 bridgehead atoms. The fourth-order valence-electron chi connectivity index (χ4n) is 1.57. The fourth-order valence-corrected chi connectivity index (χ4v) is 1.57. The maximum absolute atomic E-state index is 12.0. The van der Waals surface area contributed by atoms with Gasteiger partial charge in [0, 0.05) is 18.7 Å². The number of nitrogens with zero attached hydrogens (tertiary/aromatic N) is 1. The number of carbonyl (C=O) groups is 1. The number of ether oxygens (including phenoxy) is 2. The SMILES string of the molecule is C=C(C)COCCNC(=O)c1cc([N+](=O)[O-])ccc1OC. The predicted molar refractivity (Wildman–Crippen MR) is 77.6 cm³/mol. The Labute approximate surface area is 122 Å². The molecule has 7 heteroatoms. The first-order valence-electron chi connectivity index (χ1n) is 6.28. The second kappa shape index (κ2) is 8.01. The molecular formula is C14H18N2O5.